The van der Waals surface area contributed by atoms with E-state index < -0.39 is 0 Å². The van der Waals surface area contributed by atoms with E-state index in [4.69, 9.17) is 0 Å². The van der Waals surface area contributed by atoms with Gasteiger partial charge in [-0.05, 0) is 39.0 Å². The molecule has 0 N–H and O–H groups in total. The molecule has 272 valence electrons. The highest BCUT2D eigenvalue weighted by Crippen LogP contribution is 2.12. The molecule has 2 rings (SSSR count). The van der Waals surface area contributed by atoms with E-state index in [9.17, 15) is 0 Å². The fraction of sp³-hybridized carbons (Fsp3) is 0.850. The molecule has 2 heterocycles. The number of nitrogens with zero attached hydrogens (tertiary/aromatic N) is 4. The minimum Gasteiger partial charge on any atom is -1.00 e. The summed E-state index contributed by atoms with van der Waals surface area (Å²) in [5, 5.41) is 0. The van der Waals surface area contributed by atoms with Gasteiger partial charge in [0.15, 0.2) is 0 Å². The monoisotopic (exact) mass is 685 g/mol. The zero-order chi connectivity index (χ0) is 31.9. The second-order valence-electron chi connectivity index (χ2n) is 13.5. The van der Waals surface area contributed by atoms with E-state index >= 15 is 0 Å². The smallest absolute Gasteiger partial charge is 0.253 e. The van der Waals surface area contributed by atoms with E-state index in [0.717, 1.165) is 12.4 Å². The molecule has 0 saturated heterocycles. The maximum absolute atomic E-state index is 4.23. The summed E-state index contributed by atoms with van der Waals surface area (Å²) in [5.41, 5.74) is 0. The third-order valence-electron chi connectivity index (χ3n) is 9.44. The van der Waals surface area contributed by atoms with Gasteiger partial charge in [0.2, 0.25) is 0 Å². The van der Waals surface area contributed by atoms with E-state index in [2.05, 4.69) is 71.9 Å². The molecule has 2 aromatic heterocycles. The fourth-order valence-corrected chi connectivity index (χ4v) is 6.26. The Morgan fingerprint density at radius 1 is 0.500 bits per heavy atom. The molecule has 4 nitrogen and oxygen atoms in total. The molecule has 0 saturated carbocycles. The van der Waals surface area contributed by atoms with Crippen molar-refractivity contribution in [2.45, 2.75) is 221 Å². The van der Waals surface area contributed by atoms with Gasteiger partial charge < -0.3 is 17.0 Å². The summed E-state index contributed by atoms with van der Waals surface area (Å²) in [5.74, 6) is 2.59. The number of aryl methyl sites for hydroxylation is 4. The summed E-state index contributed by atoms with van der Waals surface area (Å²) < 4.78 is 7.18. The van der Waals surface area contributed by atoms with Crippen molar-refractivity contribution in [3.8, 4) is 0 Å². The normalized spacial score (nSPS) is 10.7. The topological polar surface area (TPSA) is 26.6 Å². The average molecular weight is 686 g/mol. The SMILES string of the molecule is CCCCCCCCCCCC[n+]1ccn(CCCCCCCCCC)c1C.CCCCCCCCCCn1ccnc1C.Cl.[Cl-]. The Balaban J connectivity index is 0. The van der Waals surface area contributed by atoms with Crippen LogP contribution in [0.5, 0.6) is 0 Å². The van der Waals surface area contributed by atoms with Gasteiger partial charge in [0.05, 0.1) is 13.1 Å². The lowest BCUT2D eigenvalue weighted by Gasteiger charge is -2.04. The summed E-state index contributed by atoms with van der Waals surface area (Å²) in [6.45, 7) is 14.8. The first kappa shape index (κ1) is 47.1. The molecular weight excluding hydrogens is 607 g/mol. The largest absolute Gasteiger partial charge is 1.00 e. The molecule has 0 bridgehead atoms. The summed E-state index contributed by atoms with van der Waals surface area (Å²) in [6, 6.07) is 0. The Morgan fingerprint density at radius 3 is 1.26 bits per heavy atom. The molecule has 0 radical (unpaired) electrons. The van der Waals surface area contributed by atoms with Crippen LogP contribution >= 0.6 is 12.4 Å². The van der Waals surface area contributed by atoms with E-state index in [1.165, 1.54) is 186 Å². The highest BCUT2D eigenvalue weighted by atomic mass is 35.5. The third-order valence-corrected chi connectivity index (χ3v) is 9.44. The molecule has 0 aliphatic carbocycles. The molecule has 0 aromatic carbocycles. The van der Waals surface area contributed by atoms with E-state index in [-0.39, 0.29) is 24.8 Å². The van der Waals surface area contributed by atoms with Crippen molar-refractivity contribution >= 4 is 12.4 Å². The molecular formula is C40H78Cl2N4. The third kappa shape index (κ3) is 26.0. The predicted octanol–water partition coefficient (Wildman–Crippen LogP) is 9.90. The number of hydrogen-bond donors (Lipinski definition) is 0. The molecule has 0 aliphatic rings. The molecule has 2 aromatic rings. The Morgan fingerprint density at radius 2 is 0.870 bits per heavy atom. The maximum Gasteiger partial charge on any atom is 0.253 e. The second kappa shape index (κ2) is 35.3. The van der Waals surface area contributed by atoms with E-state index in [0.29, 0.717) is 0 Å². The molecule has 0 amide bonds. The van der Waals surface area contributed by atoms with Crippen LogP contribution in [0.2, 0.25) is 0 Å². The van der Waals surface area contributed by atoms with Gasteiger partial charge in [-0.25, -0.2) is 14.1 Å². The number of hydrogen-bond acceptors (Lipinski definition) is 1. The number of halogens is 2. The van der Waals surface area contributed by atoms with Gasteiger partial charge in [-0.2, -0.15) is 0 Å². The lowest BCUT2D eigenvalue weighted by molar-refractivity contribution is -0.702. The Bertz CT molecular complexity index is 863. The first-order chi connectivity index (χ1) is 21.6. The van der Waals surface area contributed by atoms with Gasteiger partial charge in [-0.15, -0.1) is 12.4 Å². The molecule has 0 spiro atoms. The van der Waals surface area contributed by atoms with Gasteiger partial charge >= 0.3 is 0 Å². The number of rotatable bonds is 29. The highest BCUT2D eigenvalue weighted by Gasteiger charge is 2.11. The van der Waals surface area contributed by atoms with Crippen molar-refractivity contribution in [3.63, 3.8) is 0 Å². The minimum absolute atomic E-state index is 0. The van der Waals surface area contributed by atoms with Gasteiger partial charge in [-0.3, -0.25) is 0 Å². The van der Waals surface area contributed by atoms with Crippen LogP contribution in [0.3, 0.4) is 0 Å². The summed E-state index contributed by atoms with van der Waals surface area (Å²) >= 11 is 0. The summed E-state index contributed by atoms with van der Waals surface area (Å²) in [7, 11) is 0. The van der Waals surface area contributed by atoms with Crippen LogP contribution in [-0.4, -0.2) is 14.1 Å². The molecule has 0 atom stereocenters. The van der Waals surface area contributed by atoms with Crippen molar-refractivity contribution in [2.24, 2.45) is 0 Å². The minimum atomic E-state index is 0. The number of imidazole rings is 2. The lowest BCUT2D eigenvalue weighted by atomic mass is 10.1. The van der Waals surface area contributed by atoms with E-state index in [1.807, 2.05) is 6.20 Å². The van der Waals surface area contributed by atoms with Crippen LogP contribution in [0.1, 0.15) is 199 Å². The lowest BCUT2D eigenvalue weighted by Crippen LogP contribution is -3.00. The Labute approximate surface area is 300 Å². The first-order valence-electron chi connectivity index (χ1n) is 19.7. The van der Waals surface area contributed by atoms with Crippen molar-refractivity contribution in [1.82, 2.24) is 14.1 Å². The molecule has 0 fully saturated rings. The quantitative estimate of drug-likeness (QED) is 0.0619. The molecule has 0 aliphatic heterocycles. The van der Waals surface area contributed by atoms with Crippen molar-refractivity contribution < 1.29 is 17.0 Å². The highest BCUT2D eigenvalue weighted by molar-refractivity contribution is 5.85. The summed E-state index contributed by atoms with van der Waals surface area (Å²) in [6.07, 6.45) is 45.1. The standard InChI is InChI=1S/C26H51N2.C14H26N2.2ClH/c1-4-6-8-10-12-14-15-17-19-21-23-28-25-24-27(26(28)3)22-20-18-16-13-11-9-7-5-2;1-3-4-5-6-7-8-9-10-12-16-13-11-15-14(16)2;;/h24-25H,4-23H2,1-3H3;11,13H,3-10,12H2,1-2H3;2*1H/q+1;;;/p-1. The predicted molar refractivity (Wildman–Crippen MR) is 201 cm³/mol. The Hall–Kier alpha value is -1.00. The van der Waals surface area contributed by atoms with Crippen molar-refractivity contribution in [2.75, 3.05) is 0 Å². The number of aromatic nitrogens is 4. The van der Waals surface area contributed by atoms with Crippen molar-refractivity contribution in [1.29, 1.82) is 0 Å². The Kier molecular flexibility index (Phi) is 36.2. The van der Waals surface area contributed by atoms with Gasteiger partial charge in [0.1, 0.15) is 18.2 Å². The average Bonchev–Trinajstić information content (AvgIpc) is 3.61. The molecule has 0 unspecified atom stereocenters. The molecule has 6 heteroatoms. The van der Waals surface area contributed by atoms with Crippen LogP contribution in [0, 0.1) is 13.8 Å². The van der Waals surface area contributed by atoms with Crippen molar-refractivity contribution in [3.05, 3.63) is 36.4 Å². The summed E-state index contributed by atoms with van der Waals surface area (Å²) in [4.78, 5) is 4.23. The van der Waals surface area contributed by atoms with Crippen LogP contribution < -0.4 is 17.0 Å². The van der Waals surface area contributed by atoms with Gasteiger partial charge in [0.25, 0.3) is 5.82 Å². The second-order valence-corrected chi connectivity index (χ2v) is 13.5. The van der Waals surface area contributed by atoms with Crippen LogP contribution in [0.15, 0.2) is 24.8 Å². The van der Waals surface area contributed by atoms with Gasteiger partial charge in [0, 0.05) is 25.9 Å². The first-order valence-corrected chi connectivity index (χ1v) is 19.7. The zero-order valence-electron chi connectivity index (χ0n) is 31.4. The number of unbranched alkanes of at least 4 members (excludes halogenated alkanes) is 23. The maximum atomic E-state index is 4.23. The van der Waals surface area contributed by atoms with Crippen LogP contribution in [-0.2, 0) is 19.6 Å². The molecule has 46 heavy (non-hydrogen) atoms. The van der Waals surface area contributed by atoms with Crippen LogP contribution in [0.25, 0.3) is 0 Å². The zero-order valence-corrected chi connectivity index (χ0v) is 33.0. The fourth-order valence-electron chi connectivity index (χ4n) is 6.26. The van der Waals surface area contributed by atoms with E-state index in [1.54, 1.807) is 0 Å². The van der Waals surface area contributed by atoms with Gasteiger partial charge in [-0.1, -0.05) is 156 Å². The van der Waals surface area contributed by atoms with Crippen LogP contribution in [0.4, 0.5) is 0 Å².